The van der Waals surface area contributed by atoms with Gasteiger partial charge in [0.1, 0.15) is 5.82 Å². The predicted octanol–water partition coefficient (Wildman–Crippen LogP) is 18.5. The van der Waals surface area contributed by atoms with Crippen molar-refractivity contribution < 1.29 is 44.1 Å². The Morgan fingerprint density at radius 3 is 1.85 bits per heavy atom. The van der Waals surface area contributed by atoms with Crippen LogP contribution in [0.4, 0.5) is 0 Å². The molecule has 390 valence electrons. The first-order chi connectivity index (χ1) is 42.6. The number of ether oxygens (including phenoxy) is 1. The van der Waals surface area contributed by atoms with Crippen molar-refractivity contribution >= 4 is 32.8 Å². The molecule has 0 unspecified atom stereocenters. The number of hydrogen-bond donors (Lipinski definition) is 0. The van der Waals surface area contributed by atoms with Gasteiger partial charge in [0.25, 0.3) is 6.33 Å². The molecule has 1 aliphatic heterocycles. The SMILES string of the molecule is [2H]c1c([2H])c([2H])c(-c2cccc3c2-c2cccc(-c4c([2H])c([2H])c([2H])c([2H])c4[2H])c2-[n+]2[c-]n(-c4[c-]c(Oc5[c-]c6c(cc5)c5ccccc5n6-c5cc(C(C)(C)C)ccn5)ccc4)c4cc(-c5ccc(C(C)(C)C)cc5)cc(c42)-c2ccccc2-3)c([2H])c1[2H].[Pt]. The molecular formula is C74H56N4OPt-2. The summed E-state index contributed by atoms with van der Waals surface area (Å²) < 4.78 is 104. The van der Waals surface area contributed by atoms with Gasteiger partial charge in [0, 0.05) is 44.3 Å². The van der Waals surface area contributed by atoms with Crippen LogP contribution in [0.25, 0.3) is 117 Å². The zero-order chi connectivity index (χ0) is 62.3. The third-order valence-electron chi connectivity index (χ3n) is 15.1. The summed E-state index contributed by atoms with van der Waals surface area (Å²) in [4.78, 5) is 4.88. The van der Waals surface area contributed by atoms with Gasteiger partial charge >= 0.3 is 0 Å². The van der Waals surface area contributed by atoms with Crippen LogP contribution in [0.2, 0.25) is 0 Å². The maximum Gasteiger partial charge on any atom is 0.268 e. The van der Waals surface area contributed by atoms with Crippen molar-refractivity contribution in [3.63, 3.8) is 0 Å². The Bertz CT molecular complexity index is 5100. The molecule has 0 aliphatic carbocycles. The number of hydrogen-bond acceptors (Lipinski definition) is 2. The maximum atomic E-state index is 9.53. The monoisotopic (exact) mass is 1220 g/mol. The zero-order valence-corrected chi connectivity index (χ0v) is 47.0. The molecule has 0 spiro atoms. The number of rotatable bonds is 7. The summed E-state index contributed by atoms with van der Waals surface area (Å²) in [6, 6.07) is 55.9. The normalized spacial score (nSPS) is 13.8. The number of imidazole rings is 1. The topological polar surface area (TPSA) is 35.9 Å². The minimum Gasteiger partial charge on any atom is -0.510 e. The first-order valence-electron chi connectivity index (χ1n) is 31.4. The minimum atomic E-state index is -0.551. The quantitative estimate of drug-likeness (QED) is 0.118. The van der Waals surface area contributed by atoms with Gasteiger partial charge in [-0.1, -0.05) is 217 Å². The molecule has 0 amide bonds. The van der Waals surface area contributed by atoms with Gasteiger partial charge in [-0.2, -0.15) is 18.2 Å². The van der Waals surface area contributed by atoms with Crippen molar-refractivity contribution in [2.45, 2.75) is 52.4 Å². The summed E-state index contributed by atoms with van der Waals surface area (Å²) in [5, 5.41) is 2.02. The third-order valence-corrected chi connectivity index (χ3v) is 15.1. The Balaban J connectivity index is 0.00000743. The number of nitrogens with zero attached hydrogens (tertiary/aromatic N) is 4. The summed E-state index contributed by atoms with van der Waals surface area (Å²) in [7, 11) is 0. The van der Waals surface area contributed by atoms with E-state index in [1.54, 1.807) is 18.2 Å². The van der Waals surface area contributed by atoms with Crippen LogP contribution in [-0.4, -0.2) is 14.1 Å². The van der Waals surface area contributed by atoms with Gasteiger partial charge in [-0.3, -0.25) is 4.57 Å². The van der Waals surface area contributed by atoms with Crippen LogP contribution in [0.5, 0.6) is 11.5 Å². The van der Waals surface area contributed by atoms with Crippen LogP contribution in [0.15, 0.2) is 230 Å². The van der Waals surface area contributed by atoms with E-state index >= 15 is 0 Å². The molecule has 0 saturated carbocycles. The summed E-state index contributed by atoms with van der Waals surface area (Å²) in [5.74, 6) is 1.56. The van der Waals surface area contributed by atoms with Crippen LogP contribution < -0.4 is 9.30 Å². The molecule has 0 saturated heterocycles. The fourth-order valence-corrected chi connectivity index (χ4v) is 11.2. The van der Waals surface area contributed by atoms with E-state index in [0.29, 0.717) is 56.2 Å². The number of fused-ring (bicyclic) bond motifs is 10. The van der Waals surface area contributed by atoms with E-state index in [1.807, 2.05) is 106 Å². The van der Waals surface area contributed by atoms with Gasteiger partial charge in [-0.05, 0) is 124 Å². The number of benzene rings is 10. The van der Waals surface area contributed by atoms with E-state index in [9.17, 15) is 5.48 Å². The molecule has 0 bridgehead atoms. The average Bonchev–Trinajstić information content (AvgIpc) is 1.48. The van der Waals surface area contributed by atoms with Gasteiger partial charge < -0.3 is 13.9 Å². The van der Waals surface area contributed by atoms with Crippen LogP contribution in [0.1, 0.15) is 66.4 Å². The molecule has 0 N–H and O–H groups in total. The van der Waals surface area contributed by atoms with Crippen molar-refractivity contribution in [1.29, 1.82) is 0 Å². The van der Waals surface area contributed by atoms with Gasteiger partial charge in [0.15, 0.2) is 0 Å². The van der Waals surface area contributed by atoms with E-state index in [2.05, 4.69) is 119 Å². The Hall–Kier alpha value is -8.89. The maximum absolute atomic E-state index is 9.53. The molecule has 6 heteroatoms. The standard InChI is InChI=1S/C74H56N4O.Pt/c1-73(2,3)52-36-34-48(35-37-52)51-42-65-60-27-14-13-26-59(60)63-31-18-29-57(49-20-9-7-10-21-49)70(63)64-32-19-30-58(50-22-11-8-12-23-50)71(64)77-47-76(68(43-51)72(65)77)54-24-17-25-55(45-54)79-56-38-39-62-61-28-15-16-33-66(61)78(67(62)46-56)69-44-53(40-41-75-69)74(4,5)6;/h7-44H,1-6H3;/q-2;/i7D,8D,9D,10D,11D,12D,20D,21D,22D,23D;. The molecule has 0 fully saturated rings. The van der Waals surface area contributed by atoms with Gasteiger partial charge in [-0.15, -0.1) is 29.7 Å². The second kappa shape index (κ2) is 19.8. The van der Waals surface area contributed by atoms with Gasteiger partial charge in [0.05, 0.1) is 30.4 Å². The van der Waals surface area contributed by atoms with E-state index in [0.717, 1.165) is 66.6 Å². The van der Waals surface area contributed by atoms with E-state index in [-0.39, 0.29) is 48.6 Å². The number of aromatic nitrogens is 4. The fraction of sp³-hybridized carbons (Fsp3) is 0.108. The molecule has 4 heterocycles. The second-order valence-corrected chi connectivity index (χ2v) is 22.1. The first-order valence-corrected chi connectivity index (χ1v) is 26.4. The summed E-state index contributed by atoms with van der Waals surface area (Å²) >= 11 is 0. The molecule has 80 heavy (non-hydrogen) atoms. The van der Waals surface area contributed by atoms with Crippen LogP contribution in [-0.2, 0) is 31.9 Å². The molecular weight excluding hydrogens is 1160 g/mol. The molecule has 0 radical (unpaired) electrons. The van der Waals surface area contributed by atoms with Crippen molar-refractivity contribution in [2.75, 3.05) is 0 Å². The molecule has 10 aromatic carbocycles. The van der Waals surface area contributed by atoms with E-state index < -0.39 is 60.4 Å². The summed E-state index contributed by atoms with van der Waals surface area (Å²) in [6.07, 6.45) is 5.60. The first kappa shape index (κ1) is 40.3. The number of para-hydroxylation sites is 2. The third kappa shape index (κ3) is 8.69. The van der Waals surface area contributed by atoms with Gasteiger partial charge in [-0.25, -0.2) is 4.98 Å². The van der Waals surface area contributed by atoms with Gasteiger partial charge in [0.2, 0.25) is 0 Å². The molecule has 14 rings (SSSR count). The molecule has 1 aliphatic rings. The second-order valence-electron chi connectivity index (χ2n) is 22.1. The summed E-state index contributed by atoms with van der Waals surface area (Å²) in [5.41, 5.74) is 12.1. The van der Waals surface area contributed by atoms with Crippen LogP contribution in [0.3, 0.4) is 0 Å². The van der Waals surface area contributed by atoms with Crippen molar-refractivity contribution in [3.05, 3.63) is 260 Å². The van der Waals surface area contributed by atoms with Crippen molar-refractivity contribution in [1.82, 2.24) is 14.1 Å². The van der Waals surface area contributed by atoms with E-state index in [1.165, 1.54) is 0 Å². The zero-order valence-electron chi connectivity index (χ0n) is 54.7. The van der Waals surface area contributed by atoms with Crippen LogP contribution in [0, 0.1) is 18.5 Å². The minimum absolute atomic E-state index is 0. The van der Waals surface area contributed by atoms with E-state index in [4.69, 9.17) is 17.9 Å². The van der Waals surface area contributed by atoms with Crippen molar-refractivity contribution in [2.24, 2.45) is 0 Å². The molecule has 0 atom stereocenters. The Kier molecular flexibility index (Phi) is 9.97. The average molecular weight is 1220 g/mol. The Morgan fingerprint density at radius 2 is 1.11 bits per heavy atom. The summed E-state index contributed by atoms with van der Waals surface area (Å²) in [6.45, 7) is 13.1. The van der Waals surface area contributed by atoms with Crippen LogP contribution >= 0.6 is 0 Å². The fourth-order valence-electron chi connectivity index (χ4n) is 11.2. The largest absolute Gasteiger partial charge is 0.510 e. The molecule has 3 aromatic heterocycles. The molecule has 13 aromatic rings. The number of pyridine rings is 1. The van der Waals surface area contributed by atoms with Crippen molar-refractivity contribution in [3.8, 4) is 95.5 Å². The Morgan fingerprint density at radius 1 is 0.487 bits per heavy atom. The smallest absolute Gasteiger partial charge is 0.268 e. The molecule has 5 nitrogen and oxygen atoms in total. The predicted molar refractivity (Wildman–Crippen MR) is 324 cm³/mol. The Labute approximate surface area is 496 Å².